The second kappa shape index (κ2) is 12.0. The van der Waals surface area contributed by atoms with Gasteiger partial charge in [0.2, 0.25) is 0 Å². The average molecular weight is 754 g/mol. The number of rotatable bonds is 5. The first-order valence-electron chi connectivity index (χ1n) is 21.1. The molecule has 4 aliphatic carbocycles. The van der Waals surface area contributed by atoms with Gasteiger partial charge in [-0.25, -0.2) is 0 Å². The predicted octanol–water partition coefficient (Wildman–Crippen LogP) is 15.7. The maximum atomic E-state index is 2.60. The van der Waals surface area contributed by atoms with Gasteiger partial charge in [-0.15, -0.1) is 11.3 Å². The van der Waals surface area contributed by atoms with Crippen molar-refractivity contribution in [2.75, 3.05) is 4.90 Å². The van der Waals surface area contributed by atoms with Crippen LogP contribution in [0.25, 0.3) is 53.6 Å². The largest absolute Gasteiger partial charge is 0.310 e. The Morgan fingerprint density at radius 1 is 0.509 bits per heavy atom. The number of hydrogen-bond donors (Lipinski definition) is 0. The molecule has 2 fully saturated rings. The molecule has 0 amide bonds. The van der Waals surface area contributed by atoms with E-state index in [1.165, 1.54) is 119 Å². The van der Waals surface area contributed by atoms with Crippen molar-refractivity contribution in [1.29, 1.82) is 0 Å². The van der Waals surface area contributed by atoms with E-state index in [-0.39, 0.29) is 10.8 Å². The van der Waals surface area contributed by atoms with Crippen LogP contribution in [0.5, 0.6) is 0 Å². The number of benzene rings is 7. The SMILES string of the molecule is CC1(C)c2ccccc2-c2ccc(N(c3ccc4sc5ccc(-c6ccccc6)cc5c4c3)c3cccc4c3C(C)(C)c3ccc(C5CC6CCC5C6)cc3-4)cc21. The molecule has 1 nitrogen and oxygen atoms in total. The van der Waals surface area contributed by atoms with Gasteiger partial charge < -0.3 is 4.90 Å². The number of hydrogen-bond acceptors (Lipinski definition) is 2. The van der Waals surface area contributed by atoms with E-state index in [0.717, 1.165) is 11.8 Å². The summed E-state index contributed by atoms with van der Waals surface area (Å²) in [5.74, 6) is 2.52. The fraction of sp³-hybridized carbons (Fsp3) is 0.236. The number of thiophene rings is 1. The lowest BCUT2D eigenvalue weighted by Gasteiger charge is -2.33. The highest BCUT2D eigenvalue weighted by Gasteiger charge is 2.43. The van der Waals surface area contributed by atoms with Crippen molar-refractivity contribution < 1.29 is 0 Å². The van der Waals surface area contributed by atoms with Crippen LogP contribution in [0.1, 0.15) is 87.1 Å². The van der Waals surface area contributed by atoms with Crippen LogP contribution < -0.4 is 4.90 Å². The van der Waals surface area contributed by atoms with Crippen molar-refractivity contribution in [1.82, 2.24) is 0 Å². The molecule has 7 aromatic carbocycles. The average Bonchev–Trinajstić information content (AvgIpc) is 4.05. The summed E-state index contributed by atoms with van der Waals surface area (Å²) in [7, 11) is 0. The van der Waals surface area contributed by atoms with Crippen molar-refractivity contribution in [2.45, 2.75) is 70.1 Å². The number of anilines is 3. The van der Waals surface area contributed by atoms with Crippen LogP contribution in [-0.4, -0.2) is 0 Å². The Morgan fingerprint density at radius 2 is 1.23 bits per heavy atom. The van der Waals surface area contributed by atoms with Crippen LogP contribution in [0.4, 0.5) is 17.1 Å². The lowest BCUT2D eigenvalue weighted by atomic mass is 9.79. The first-order valence-corrected chi connectivity index (χ1v) is 21.9. The van der Waals surface area contributed by atoms with Gasteiger partial charge in [0.1, 0.15) is 0 Å². The van der Waals surface area contributed by atoms with E-state index in [9.17, 15) is 0 Å². The van der Waals surface area contributed by atoms with Crippen LogP contribution in [0.2, 0.25) is 0 Å². The van der Waals surface area contributed by atoms with Crippen molar-refractivity contribution in [3.8, 4) is 33.4 Å². The monoisotopic (exact) mass is 753 g/mol. The van der Waals surface area contributed by atoms with Gasteiger partial charge in [0, 0.05) is 42.4 Å². The van der Waals surface area contributed by atoms with Gasteiger partial charge in [-0.05, 0) is 147 Å². The van der Waals surface area contributed by atoms with Crippen LogP contribution in [-0.2, 0) is 10.8 Å². The molecule has 0 aliphatic heterocycles. The van der Waals surface area contributed by atoms with E-state index >= 15 is 0 Å². The van der Waals surface area contributed by atoms with E-state index in [1.54, 1.807) is 5.56 Å². The Labute approximate surface area is 340 Å². The van der Waals surface area contributed by atoms with Gasteiger partial charge in [0.05, 0.1) is 5.69 Å². The third-order valence-electron chi connectivity index (χ3n) is 14.7. The highest BCUT2D eigenvalue weighted by atomic mass is 32.1. The third kappa shape index (κ3) is 4.86. The zero-order valence-electron chi connectivity index (χ0n) is 33.3. The molecule has 0 radical (unpaired) electrons. The lowest BCUT2D eigenvalue weighted by Crippen LogP contribution is -2.21. The summed E-state index contributed by atoms with van der Waals surface area (Å²) < 4.78 is 2.65. The van der Waals surface area contributed by atoms with E-state index in [4.69, 9.17) is 0 Å². The number of nitrogens with zero attached hydrogens (tertiary/aromatic N) is 1. The second-order valence-corrected chi connectivity index (χ2v) is 19.6. The van der Waals surface area contributed by atoms with E-state index in [2.05, 4.69) is 178 Å². The van der Waals surface area contributed by atoms with E-state index < -0.39 is 0 Å². The van der Waals surface area contributed by atoms with Crippen LogP contribution in [0.3, 0.4) is 0 Å². The summed E-state index contributed by atoms with van der Waals surface area (Å²) in [6.07, 6.45) is 5.66. The summed E-state index contributed by atoms with van der Waals surface area (Å²) in [4.78, 5) is 2.59. The van der Waals surface area contributed by atoms with Gasteiger partial charge in [0.25, 0.3) is 0 Å². The summed E-state index contributed by atoms with van der Waals surface area (Å²) >= 11 is 1.90. The predicted molar refractivity (Wildman–Crippen MR) is 243 cm³/mol. The van der Waals surface area contributed by atoms with Crippen molar-refractivity contribution in [3.63, 3.8) is 0 Å². The number of fused-ring (bicyclic) bond motifs is 11. The van der Waals surface area contributed by atoms with E-state index in [0.29, 0.717) is 5.92 Å². The van der Waals surface area contributed by atoms with Crippen molar-refractivity contribution in [3.05, 3.63) is 173 Å². The molecule has 1 aromatic heterocycles. The zero-order chi connectivity index (χ0) is 38.2. The molecule has 2 bridgehead atoms. The lowest BCUT2D eigenvalue weighted by molar-refractivity contribution is 0.420. The molecule has 2 heteroatoms. The summed E-state index contributed by atoms with van der Waals surface area (Å²) in [5, 5.41) is 2.64. The molecule has 0 N–H and O–H groups in total. The Kier molecular flexibility index (Phi) is 7.11. The Hall–Kier alpha value is -5.44. The van der Waals surface area contributed by atoms with Gasteiger partial charge in [-0.1, -0.05) is 131 Å². The fourth-order valence-corrected chi connectivity index (χ4v) is 13.0. The van der Waals surface area contributed by atoms with Gasteiger partial charge in [-0.2, -0.15) is 0 Å². The minimum Gasteiger partial charge on any atom is -0.310 e. The quantitative estimate of drug-likeness (QED) is 0.169. The maximum Gasteiger partial charge on any atom is 0.0508 e. The highest BCUT2D eigenvalue weighted by molar-refractivity contribution is 7.25. The molecular formula is C55H47NS. The molecule has 4 aliphatic rings. The molecule has 3 unspecified atom stereocenters. The summed E-state index contributed by atoms with van der Waals surface area (Å²) in [5.41, 5.74) is 18.7. The van der Waals surface area contributed by atoms with Crippen LogP contribution in [0.15, 0.2) is 146 Å². The summed E-state index contributed by atoms with van der Waals surface area (Å²) in [6.45, 7) is 9.71. The van der Waals surface area contributed by atoms with Crippen LogP contribution in [0, 0.1) is 11.8 Å². The molecular weight excluding hydrogens is 707 g/mol. The fourth-order valence-electron chi connectivity index (χ4n) is 11.9. The van der Waals surface area contributed by atoms with E-state index in [1.807, 2.05) is 11.3 Å². The highest BCUT2D eigenvalue weighted by Crippen LogP contribution is 2.58. The van der Waals surface area contributed by atoms with Crippen molar-refractivity contribution >= 4 is 48.6 Å². The maximum absolute atomic E-state index is 2.60. The molecule has 2 saturated carbocycles. The van der Waals surface area contributed by atoms with Gasteiger partial charge in [0.15, 0.2) is 0 Å². The van der Waals surface area contributed by atoms with Crippen LogP contribution >= 0.6 is 11.3 Å². The third-order valence-corrected chi connectivity index (χ3v) is 15.9. The smallest absolute Gasteiger partial charge is 0.0508 e. The zero-order valence-corrected chi connectivity index (χ0v) is 34.1. The first-order chi connectivity index (χ1) is 27.7. The second-order valence-electron chi connectivity index (χ2n) is 18.5. The minimum absolute atomic E-state index is 0.0980. The molecule has 0 saturated heterocycles. The Morgan fingerprint density at radius 3 is 2.05 bits per heavy atom. The van der Waals surface area contributed by atoms with Gasteiger partial charge >= 0.3 is 0 Å². The molecule has 3 atom stereocenters. The molecule has 12 rings (SSSR count). The van der Waals surface area contributed by atoms with Crippen molar-refractivity contribution in [2.24, 2.45) is 11.8 Å². The Bertz CT molecular complexity index is 2940. The molecule has 0 spiro atoms. The van der Waals surface area contributed by atoms with Gasteiger partial charge in [-0.3, -0.25) is 0 Å². The molecule has 57 heavy (non-hydrogen) atoms. The normalized spacial score (nSPS) is 20.5. The topological polar surface area (TPSA) is 3.24 Å². The Balaban J connectivity index is 1.07. The standard InChI is InChI=1S/C55H47NS/c1-54(2)47-15-9-8-13-40(47)41-23-21-39(32-49(41)54)56(38-22-26-52-46(31-38)45-29-35(20-25-51(45)57-52)34-11-6-5-7-12-34)50-16-10-14-42-44-30-37(43-28-33-17-18-36(43)27-33)19-24-48(44)55(3,4)53(42)50/h5-16,19-26,29-33,36,43H,17-18,27-28H2,1-4H3. The molecule has 1 heterocycles. The first kappa shape index (κ1) is 33.7. The molecule has 8 aromatic rings. The minimum atomic E-state index is -0.164. The summed E-state index contributed by atoms with van der Waals surface area (Å²) in [6, 6.07) is 55.9. The molecule has 278 valence electrons.